The summed E-state index contributed by atoms with van der Waals surface area (Å²) in [4.78, 5) is 12.5. The van der Waals surface area contributed by atoms with E-state index in [2.05, 4.69) is 5.32 Å². The quantitative estimate of drug-likeness (QED) is 0.654. The standard InChI is InChI=1S/C15H15FN2OS/c16-13-10-12(6-7-14(13)17)20-9-8-15(19)18-11-4-2-1-3-5-11/h1-7,10H,8-9,17H2,(H,18,19). The Balaban J connectivity index is 1.78. The van der Waals surface area contributed by atoms with Crippen LogP contribution in [0.25, 0.3) is 0 Å². The van der Waals surface area contributed by atoms with Gasteiger partial charge in [0.15, 0.2) is 0 Å². The molecule has 1 amide bonds. The Kier molecular flexibility index (Phi) is 5.01. The van der Waals surface area contributed by atoms with Gasteiger partial charge in [-0.05, 0) is 30.3 Å². The third kappa shape index (κ3) is 4.28. The van der Waals surface area contributed by atoms with Crippen LogP contribution in [0.1, 0.15) is 6.42 Å². The van der Waals surface area contributed by atoms with Crippen molar-refractivity contribution < 1.29 is 9.18 Å². The highest BCUT2D eigenvalue weighted by molar-refractivity contribution is 7.99. The van der Waals surface area contributed by atoms with Crippen LogP contribution in [0.2, 0.25) is 0 Å². The van der Waals surface area contributed by atoms with Crippen LogP contribution in [0.5, 0.6) is 0 Å². The second-order valence-corrected chi connectivity index (χ2v) is 5.36. The molecule has 0 bridgehead atoms. The summed E-state index contributed by atoms with van der Waals surface area (Å²) < 4.78 is 13.2. The summed E-state index contributed by atoms with van der Waals surface area (Å²) in [6.07, 6.45) is 0.367. The Hall–Kier alpha value is -2.01. The van der Waals surface area contributed by atoms with E-state index in [1.807, 2.05) is 30.3 Å². The monoisotopic (exact) mass is 290 g/mol. The third-order valence-corrected chi connectivity index (χ3v) is 3.62. The number of para-hydroxylation sites is 1. The molecule has 0 heterocycles. The van der Waals surface area contributed by atoms with Crippen molar-refractivity contribution >= 4 is 29.0 Å². The van der Waals surface area contributed by atoms with Crippen LogP contribution >= 0.6 is 11.8 Å². The van der Waals surface area contributed by atoms with Crippen molar-refractivity contribution in [3.05, 3.63) is 54.3 Å². The van der Waals surface area contributed by atoms with Gasteiger partial charge in [-0.3, -0.25) is 4.79 Å². The van der Waals surface area contributed by atoms with Gasteiger partial charge in [0, 0.05) is 22.8 Å². The molecule has 0 fully saturated rings. The van der Waals surface area contributed by atoms with Crippen molar-refractivity contribution in [1.29, 1.82) is 0 Å². The van der Waals surface area contributed by atoms with Gasteiger partial charge in [-0.25, -0.2) is 4.39 Å². The zero-order valence-corrected chi connectivity index (χ0v) is 11.6. The molecule has 0 aliphatic rings. The van der Waals surface area contributed by atoms with Gasteiger partial charge in [-0.1, -0.05) is 18.2 Å². The molecular formula is C15H15FN2OS. The largest absolute Gasteiger partial charge is 0.396 e. The number of halogens is 1. The lowest BCUT2D eigenvalue weighted by molar-refractivity contribution is -0.115. The number of rotatable bonds is 5. The lowest BCUT2D eigenvalue weighted by Gasteiger charge is -2.05. The molecule has 3 N–H and O–H groups in total. The number of nitrogens with two attached hydrogens (primary N) is 1. The van der Waals surface area contributed by atoms with Crippen LogP contribution < -0.4 is 11.1 Å². The molecular weight excluding hydrogens is 275 g/mol. The van der Waals surface area contributed by atoms with Crippen molar-refractivity contribution in [3.8, 4) is 0 Å². The predicted octanol–water partition coefficient (Wildman–Crippen LogP) is 3.53. The summed E-state index contributed by atoms with van der Waals surface area (Å²) in [5.74, 6) is 0.102. The Morgan fingerprint density at radius 3 is 2.65 bits per heavy atom. The number of thioether (sulfide) groups is 1. The normalized spacial score (nSPS) is 10.2. The highest BCUT2D eigenvalue weighted by Crippen LogP contribution is 2.22. The highest BCUT2D eigenvalue weighted by Gasteiger charge is 2.04. The zero-order valence-electron chi connectivity index (χ0n) is 10.8. The average molecular weight is 290 g/mol. The minimum Gasteiger partial charge on any atom is -0.396 e. The minimum atomic E-state index is -0.427. The Morgan fingerprint density at radius 2 is 1.95 bits per heavy atom. The van der Waals surface area contributed by atoms with Crippen LogP contribution in [0.3, 0.4) is 0 Å². The molecule has 2 aromatic carbocycles. The van der Waals surface area contributed by atoms with Gasteiger partial charge in [0.05, 0.1) is 5.69 Å². The lowest BCUT2D eigenvalue weighted by Crippen LogP contribution is -2.11. The second kappa shape index (κ2) is 6.96. The summed E-state index contributed by atoms with van der Waals surface area (Å²) in [6.45, 7) is 0. The molecule has 0 aromatic heterocycles. The van der Waals surface area contributed by atoms with E-state index < -0.39 is 5.82 Å². The Morgan fingerprint density at radius 1 is 1.20 bits per heavy atom. The molecule has 0 saturated heterocycles. The minimum absolute atomic E-state index is 0.0559. The number of benzene rings is 2. The number of amides is 1. The number of hydrogen-bond acceptors (Lipinski definition) is 3. The molecule has 2 rings (SSSR count). The molecule has 0 aliphatic heterocycles. The fourth-order valence-electron chi connectivity index (χ4n) is 1.60. The van der Waals surface area contributed by atoms with E-state index in [1.165, 1.54) is 23.9 Å². The van der Waals surface area contributed by atoms with E-state index in [0.717, 1.165) is 10.6 Å². The summed E-state index contributed by atoms with van der Waals surface area (Å²) in [6, 6.07) is 13.9. The summed E-state index contributed by atoms with van der Waals surface area (Å²) >= 11 is 1.43. The Bertz CT molecular complexity index is 590. The maximum atomic E-state index is 13.2. The number of anilines is 2. The Labute approximate surface area is 121 Å². The van der Waals surface area contributed by atoms with Crippen molar-refractivity contribution in [2.24, 2.45) is 0 Å². The molecule has 2 aromatic rings. The number of carbonyl (C=O) groups is 1. The molecule has 0 spiro atoms. The van der Waals surface area contributed by atoms with Crippen LogP contribution in [-0.2, 0) is 4.79 Å². The first-order valence-corrected chi connectivity index (χ1v) is 7.16. The van der Waals surface area contributed by atoms with Crippen LogP contribution in [0.15, 0.2) is 53.4 Å². The maximum Gasteiger partial charge on any atom is 0.225 e. The average Bonchev–Trinajstić information content (AvgIpc) is 2.44. The first-order chi connectivity index (χ1) is 9.65. The van der Waals surface area contributed by atoms with Crippen molar-refractivity contribution in [3.63, 3.8) is 0 Å². The number of nitrogen functional groups attached to an aromatic ring is 1. The first kappa shape index (κ1) is 14.4. The van der Waals surface area contributed by atoms with E-state index in [4.69, 9.17) is 5.73 Å². The molecule has 0 radical (unpaired) electrons. The topological polar surface area (TPSA) is 55.1 Å². The first-order valence-electron chi connectivity index (χ1n) is 6.18. The zero-order chi connectivity index (χ0) is 14.4. The molecule has 20 heavy (non-hydrogen) atoms. The van der Waals surface area contributed by atoms with Gasteiger partial charge in [0.2, 0.25) is 5.91 Å². The number of carbonyl (C=O) groups excluding carboxylic acids is 1. The van der Waals surface area contributed by atoms with Gasteiger partial charge in [-0.15, -0.1) is 11.8 Å². The van der Waals surface area contributed by atoms with Crippen LogP contribution in [0.4, 0.5) is 15.8 Å². The van der Waals surface area contributed by atoms with Gasteiger partial charge >= 0.3 is 0 Å². The van der Waals surface area contributed by atoms with Gasteiger partial charge in [0.25, 0.3) is 0 Å². The molecule has 5 heteroatoms. The predicted molar refractivity (Wildman–Crippen MR) is 81.2 cm³/mol. The molecule has 0 atom stereocenters. The fourth-order valence-corrected chi connectivity index (χ4v) is 2.48. The van der Waals surface area contributed by atoms with E-state index in [-0.39, 0.29) is 11.6 Å². The van der Waals surface area contributed by atoms with E-state index >= 15 is 0 Å². The summed E-state index contributed by atoms with van der Waals surface area (Å²) in [5, 5.41) is 2.80. The lowest BCUT2D eigenvalue weighted by atomic mass is 10.3. The number of hydrogen-bond donors (Lipinski definition) is 2. The molecule has 0 saturated carbocycles. The van der Waals surface area contributed by atoms with E-state index in [1.54, 1.807) is 6.07 Å². The molecule has 104 valence electrons. The SMILES string of the molecule is Nc1ccc(SCCC(=O)Nc2ccccc2)cc1F. The van der Waals surface area contributed by atoms with Gasteiger partial charge in [0.1, 0.15) is 5.82 Å². The molecule has 3 nitrogen and oxygen atoms in total. The van der Waals surface area contributed by atoms with Crippen molar-refractivity contribution in [1.82, 2.24) is 0 Å². The van der Waals surface area contributed by atoms with Gasteiger partial charge in [-0.2, -0.15) is 0 Å². The van der Waals surface area contributed by atoms with E-state index in [0.29, 0.717) is 12.2 Å². The fraction of sp³-hybridized carbons (Fsp3) is 0.133. The van der Waals surface area contributed by atoms with Crippen molar-refractivity contribution in [2.75, 3.05) is 16.8 Å². The smallest absolute Gasteiger partial charge is 0.225 e. The second-order valence-electron chi connectivity index (χ2n) is 4.20. The van der Waals surface area contributed by atoms with Gasteiger partial charge < -0.3 is 11.1 Å². The maximum absolute atomic E-state index is 13.2. The summed E-state index contributed by atoms with van der Waals surface area (Å²) in [5.41, 5.74) is 6.32. The summed E-state index contributed by atoms with van der Waals surface area (Å²) in [7, 11) is 0. The molecule has 0 unspecified atom stereocenters. The van der Waals surface area contributed by atoms with Crippen LogP contribution in [0, 0.1) is 5.82 Å². The van der Waals surface area contributed by atoms with Crippen LogP contribution in [-0.4, -0.2) is 11.7 Å². The highest BCUT2D eigenvalue weighted by atomic mass is 32.2. The third-order valence-electron chi connectivity index (χ3n) is 2.63. The molecule has 0 aliphatic carbocycles. The van der Waals surface area contributed by atoms with Crippen molar-refractivity contribution in [2.45, 2.75) is 11.3 Å². The number of nitrogens with one attached hydrogen (secondary N) is 1. The van der Waals surface area contributed by atoms with E-state index in [9.17, 15) is 9.18 Å².